The van der Waals surface area contributed by atoms with E-state index >= 15 is 0 Å². The number of rotatable bonds is 6. The van der Waals surface area contributed by atoms with Gasteiger partial charge in [-0.05, 0) is 114 Å². The Kier molecular flexibility index (Phi) is 7.77. The van der Waals surface area contributed by atoms with Crippen molar-refractivity contribution in [3.63, 3.8) is 0 Å². The van der Waals surface area contributed by atoms with E-state index in [-0.39, 0.29) is 0 Å². The Hall–Kier alpha value is -8.68. The lowest BCUT2D eigenvalue weighted by Crippen LogP contribution is -2.13. The maximum Gasteiger partial charge on any atom is 0.227 e. The first-order valence-corrected chi connectivity index (χ1v) is 20.9. The molecule has 0 atom stereocenters. The van der Waals surface area contributed by atoms with Gasteiger partial charge in [-0.25, -0.2) is 19.9 Å². The number of hydrogen-bond donors (Lipinski definition) is 0. The molecule has 0 amide bonds. The van der Waals surface area contributed by atoms with E-state index in [0.29, 0.717) is 45.6 Å². The third-order valence-corrected chi connectivity index (χ3v) is 12.1. The Labute approximate surface area is 360 Å². The zero-order valence-electron chi connectivity index (χ0n) is 33.6. The maximum absolute atomic E-state index is 6.30. The van der Waals surface area contributed by atoms with Gasteiger partial charge in [0.1, 0.15) is 22.7 Å². The average molecular weight is 808 g/mol. The van der Waals surface area contributed by atoms with Crippen molar-refractivity contribution < 1.29 is 8.83 Å². The van der Waals surface area contributed by atoms with E-state index in [1.807, 2.05) is 53.4 Å². The summed E-state index contributed by atoms with van der Waals surface area (Å²) in [6, 6.07) is 65.7. The molecule has 0 spiro atoms. The van der Waals surface area contributed by atoms with Gasteiger partial charge in [-0.3, -0.25) is 4.90 Å². The Morgan fingerprint density at radius 3 is 1.25 bits per heavy atom. The molecule has 0 radical (unpaired) electrons. The molecule has 0 saturated carbocycles. The third-order valence-electron chi connectivity index (χ3n) is 12.1. The molecular weight excluding hydrogens is 775 g/mol. The Morgan fingerprint density at radius 2 is 0.730 bits per heavy atom. The zero-order chi connectivity index (χ0) is 41.4. The van der Waals surface area contributed by atoms with E-state index in [1.54, 1.807) is 12.4 Å². The maximum atomic E-state index is 6.30. The summed E-state index contributed by atoms with van der Waals surface area (Å²) in [6.45, 7) is 0. The van der Waals surface area contributed by atoms with E-state index in [4.69, 9.17) is 28.8 Å². The summed E-state index contributed by atoms with van der Waals surface area (Å²) in [4.78, 5) is 21.9. The van der Waals surface area contributed by atoms with Crippen molar-refractivity contribution in [1.29, 1.82) is 0 Å². The zero-order valence-corrected chi connectivity index (χ0v) is 33.6. The van der Waals surface area contributed by atoms with E-state index < -0.39 is 0 Å². The molecule has 0 aliphatic rings. The molecule has 294 valence electrons. The molecule has 4 heterocycles. The van der Waals surface area contributed by atoms with Gasteiger partial charge in [0.2, 0.25) is 11.8 Å². The molecule has 9 aromatic carbocycles. The molecule has 4 aromatic heterocycles. The number of nitrogens with zero attached hydrogens (tertiary/aromatic N) is 5. The molecule has 7 heteroatoms. The summed E-state index contributed by atoms with van der Waals surface area (Å²) >= 11 is 0. The van der Waals surface area contributed by atoms with E-state index in [1.165, 1.54) is 32.7 Å². The minimum Gasteiger partial charge on any atom is -0.434 e. The van der Waals surface area contributed by atoms with Gasteiger partial charge in [0.15, 0.2) is 11.2 Å². The number of aromatic nitrogens is 4. The van der Waals surface area contributed by atoms with Gasteiger partial charge in [-0.1, -0.05) is 127 Å². The summed E-state index contributed by atoms with van der Waals surface area (Å²) in [5, 5.41) is 11.6. The Bertz CT molecular complexity index is 3810. The SMILES string of the molecule is c1ccc2cc(-c3ccc4c(ccc5cc(N(c6cc7nc(-c8ccc9ccccc9c8)oc7cn6)c6cc7nc(-c8ccc9ccccc9c8)oc7cn6)ccc54)c3)ccc2c1. The van der Waals surface area contributed by atoms with Crippen LogP contribution >= 0.6 is 0 Å². The number of benzene rings is 9. The van der Waals surface area contributed by atoms with Crippen LogP contribution in [0.3, 0.4) is 0 Å². The highest BCUT2D eigenvalue weighted by molar-refractivity contribution is 6.10. The van der Waals surface area contributed by atoms with Crippen LogP contribution in [0.4, 0.5) is 17.3 Å². The molecule has 13 rings (SSSR count). The second-order valence-corrected chi connectivity index (χ2v) is 16.0. The number of pyridine rings is 2. The summed E-state index contributed by atoms with van der Waals surface area (Å²) < 4.78 is 12.6. The highest BCUT2D eigenvalue weighted by Gasteiger charge is 2.21. The van der Waals surface area contributed by atoms with Crippen LogP contribution in [0, 0.1) is 0 Å². The molecule has 63 heavy (non-hydrogen) atoms. The van der Waals surface area contributed by atoms with Crippen LogP contribution in [-0.2, 0) is 0 Å². The molecule has 0 saturated heterocycles. The van der Waals surface area contributed by atoms with E-state index in [9.17, 15) is 0 Å². The van der Waals surface area contributed by atoms with Crippen molar-refractivity contribution in [1.82, 2.24) is 19.9 Å². The van der Waals surface area contributed by atoms with E-state index in [2.05, 4.69) is 140 Å². The lowest BCUT2D eigenvalue weighted by Gasteiger charge is -2.23. The molecule has 0 bridgehead atoms. The van der Waals surface area contributed by atoms with Crippen LogP contribution in [0.1, 0.15) is 0 Å². The largest absolute Gasteiger partial charge is 0.434 e. The standard InChI is InChI=1S/C56H33N5O2/c1-4-10-37-25-40(16-13-34(37)7-1)41-21-23-47-42(26-41)17-18-43-29-46(22-24-48(43)47)61(53-30-49-51(32-57-53)62-55(59-49)44-19-14-35-8-2-5-11-38(35)27-44)54-31-50-52(33-58-54)63-56(60-50)45-20-15-36-9-3-6-12-39(36)28-45/h1-33H. The molecule has 0 aliphatic heterocycles. The molecule has 7 nitrogen and oxygen atoms in total. The normalized spacial score (nSPS) is 11.8. The van der Waals surface area contributed by atoms with Gasteiger partial charge in [0.25, 0.3) is 0 Å². The molecular formula is C56H33N5O2. The fraction of sp³-hybridized carbons (Fsp3) is 0. The molecule has 0 N–H and O–H groups in total. The number of hydrogen-bond acceptors (Lipinski definition) is 7. The van der Waals surface area contributed by atoms with Gasteiger partial charge >= 0.3 is 0 Å². The summed E-state index contributed by atoms with van der Waals surface area (Å²) in [6.07, 6.45) is 3.48. The highest BCUT2D eigenvalue weighted by Crippen LogP contribution is 2.40. The van der Waals surface area contributed by atoms with Gasteiger partial charge in [-0.15, -0.1) is 0 Å². The summed E-state index contributed by atoms with van der Waals surface area (Å²) in [5.74, 6) is 2.33. The second-order valence-electron chi connectivity index (χ2n) is 16.0. The Balaban J connectivity index is 0.922. The van der Waals surface area contributed by atoms with Crippen molar-refractivity contribution in [3.8, 4) is 34.0 Å². The highest BCUT2D eigenvalue weighted by atomic mass is 16.4. The van der Waals surface area contributed by atoms with Crippen molar-refractivity contribution in [2.75, 3.05) is 4.90 Å². The fourth-order valence-electron chi connectivity index (χ4n) is 8.91. The van der Waals surface area contributed by atoms with Crippen molar-refractivity contribution >= 4 is 93.4 Å². The van der Waals surface area contributed by atoms with Crippen LogP contribution in [0.5, 0.6) is 0 Å². The number of oxazole rings is 2. The van der Waals surface area contributed by atoms with Gasteiger partial charge in [0, 0.05) is 28.9 Å². The predicted octanol–water partition coefficient (Wildman–Crippen LogP) is 15.0. The predicted molar refractivity (Wildman–Crippen MR) is 256 cm³/mol. The van der Waals surface area contributed by atoms with Crippen LogP contribution in [-0.4, -0.2) is 19.9 Å². The first kappa shape index (κ1) is 35.1. The first-order valence-electron chi connectivity index (χ1n) is 20.9. The fourth-order valence-corrected chi connectivity index (χ4v) is 8.91. The lowest BCUT2D eigenvalue weighted by molar-refractivity contribution is 0.618. The van der Waals surface area contributed by atoms with Gasteiger partial charge in [0.05, 0.1) is 12.4 Å². The summed E-state index contributed by atoms with van der Waals surface area (Å²) in [7, 11) is 0. The van der Waals surface area contributed by atoms with Crippen LogP contribution < -0.4 is 4.90 Å². The minimum absolute atomic E-state index is 0.533. The topological polar surface area (TPSA) is 81.1 Å². The van der Waals surface area contributed by atoms with Crippen molar-refractivity contribution in [2.24, 2.45) is 0 Å². The van der Waals surface area contributed by atoms with Crippen LogP contribution in [0.15, 0.2) is 209 Å². The molecule has 0 aliphatic carbocycles. The molecule has 13 aromatic rings. The minimum atomic E-state index is 0.533. The smallest absolute Gasteiger partial charge is 0.227 e. The van der Waals surface area contributed by atoms with Gasteiger partial charge < -0.3 is 8.83 Å². The molecule has 0 fully saturated rings. The van der Waals surface area contributed by atoms with Crippen molar-refractivity contribution in [3.05, 3.63) is 200 Å². The first-order chi connectivity index (χ1) is 31.1. The quantitative estimate of drug-likeness (QED) is 0.155. The monoisotopic (exact) mass is 807 g/mol. The lowest BCUT2D eigenvalue weighted by atomic mass is 9.96. The number of fused-ring (bicyclic) bond motifs is 8. The second kappa shape index (κ2) is 13.9. The molecule has 0 unspecified atom stereocenters. The van der Waals surface area contributed by atoms with E-state index in [0.717, 1.165) is 49.1 Å². The number of anilines is 3. The van der Waals surface area contributed by atoms with Crippen LogP contribution in [0.2, 0.25) is 0 Å². The van der Waals surface area contributed by atoms with Crippen molar-refractivity contribution in [2.45, 2.75) is 0 Å². The van der Waals surface area contributed by atoms with Gasteiger partial charge in [-0.2, -0.15) is 0 Å². The Morgan fingerprint density at radius 1 is 0.333 bits per heavy atom. The van der Waals surface area contributed by atoms with Crippen LogP contribution in [0.25, 0.3) is 110 Å². The average Bonchev–Trinajstić information content (AvgIpc) is 3.98. The third kappa shape index (κ3) is 6.05. The summed E-state index contributed by atoms with van der Waals surface area (Å²) in [5.41, 5.74) is 7.61.